The van der Waals surface area contributed by atoms with Crippen LogP contribution in [0.15, 0.2) is 129 Å². The van der Waals surface area contributed by atoms with Crippen LogP contribution in [-0.2, 0) is 24.8 Å². The summed E-state index contributed by atoms with van der Waals surface area (Å²) in [6.45, 7) is 7.18. The fraction of sp³-hybridized carbons (Fsp3) is 0.333. The normalized spacial score (nSPS) is 12.1. The van der Waals surface area contributed by atoms with Gasteiger partial charge in [0.05, 0.1) is 55.2 Å². The van der Waals surface area contributed by atoms with Crippen molar-refractivity contribution in [1.82, 2.24) is 14.3 Å². The van der Waals surface area contributed by atoms with Gasteiger partial charge < -0.3 is 15.3 Å². The zero-order valence-corrected chi connectivity index (χ0v) is 42.2. The molecule has 1 amide bonds. The first kappa shape index (κ1) is 52.7. The predicted octanol–water partition coefficient (Wildman–Crippen LogP) is 10.6. The van der Waals surface area contributed by atoms with E-state index in [1.54, 1.807) is 60.7 Å². The monoisotopic (exact) mass is 1020 g/mol. The number of aliphatic hydroxyl groups is 1. The minimum Gasteiger partial charge on any atom is -0.395 e. The molecule has 6 aromatic rings. The van der Waals surface area contributed by atoms with Gasteiger partial charge in [-0.25, -0.2) is 31.5 Å². The summed E-state index contributed by atoms with van der Waals surface area (Å²) < 4.78 is 60.8. The molecule has 14 nitrogen and oxygen atoms in total. The average Bonchev–Trinajstić information content (AvgIpc) is 3.33. The van der Waals surface area contributed by atoms with Crippen LogP contribution in [0, 0.1) is 6.92 Å². The Morgan fingerprint density at radius 3 is 2.12 bits per heavy atom. The average molecular weight is 1020 g/mol. The lowest BCUT2D eigenvalue weighted by Crippen LogP contribution is -2.33. The van der Waals surface area contributed by atoms with Crippen LogP contribution in [0.3, 0.4) is 0 Å². The number of nitrogens with zero attached hydrogens (tertiary/aromatic N) is 4. The standard InChI is InChI=1S/C51H59Cl2N7O7S2/c1-4-6-7-8-9-10-11-12-13-19-30-54-68(64,65)40-26-28-43(53)47(35-40)69(66,67)58-37-24-27-42(52)46(34-37)57-50(62)48(55-44-29-25-39(33-36(44)3)59(5-2)31-32-61)49-56-45-23-18-17-22-41(45)51(63)60(49)38-20-15-14-16-21-38/h14-18,20-29,33-35,54,58,61H,4-13,19,30-32H2,1-3H3,(H,57,62)/b55-48-. The van der Waals surface area contributed by atoms with Gasteiger partial charge in [-0.05, 0) is 105 Å². The van der Waals surface area contributed by atoms with Crippen molar-refractivity contribution in [3.8, 4) is 5.69 Å². The van der Waals surface area contributed by atoms with Crippen LogP contribution in [0.4, 0.5) is 22.7 Å². The zero-order chi connectivity index (χ0) is 49.6. The molecule has 0 saturated heterocycles. The second kappa shape index (κ2) is 24.8. The lowest BCUT2D eigenvalue weighted by Gasteiger charge is -2.22. The first-order chi connectivity index (χ1) is 33.2. The van der Waals surface area contributed by atoms with E-state index in [9.17, 15) is 31.5 Å². The van der Waals surface area contributed by atoms with Crippen LogP contribution >= 0.6 is 23.2 Å². The largest absolute Gasteiger partial charge is 0.395 e. The van der Waals surface area contributed by atoms with Crippen molar-refractivity contribution < 1.29 is 26.7 Å². The first-order valence-corrected chi connectivity index (χ1v) is 26.9. The third-order valence-electron chi connectivity index (χ3n) is 11.5. The number of likely N-dealkylation sites (N-methyl/N-ethyl adjacent to an activating group) is 1. The zero-order valence-electron chi connectivity index (χ0n) is 39.0. The van der Waals surface area contributed by atoms with E-state index in [2.05, 4.69) is 21.7 Å². The van der Waals surface area contributed by atoms with E-state index < -0.39 is 36.4 Å². The van der Waals surface area contributed by atoms with Crippen molar-refractivity contribution in [1.29, 1.82) is 0 Å². The Morgan fingerprint density at radius 2 is 1.43 bits per heavy atom. The number of fused-ring (bicyclic) bond motifs is 1. The summed E-state index contributed by atoms with van der Waals surface area (Å²) in [5.74, 6) is -0.925. The van der Waals surface area contributed by atoms with Crippen LogP contribution < -0.4 is 25.2 Å². The number of rotatable bonds is 25. The predicted molar refractivity (Wildman–Crippen MR) is 279 cm³/mol. The molecule has 0 aliphatic rings. The van der Waals surface area contributed by atoms with Gasteiger partial charge in [0.2, 0.25) is 10.0 Å². The summed E-state index contributed by atoms with van der Waals surface area (Å²) in [5.41, 5.74) is 1.83. The third kappa shape index (κ3) is 13.8. The molecule has 0 aliphatic carbocycles. The molecule has 0 aliphatic heterocycles. The Bertz CT molecular complexity index is 3060. The van der Waals surface area contributed by atoms with Crippen LogP contribution in [0.1, 0.15) is 89.4 Å². The first-order valence-electron chi connectivity index (χ1n) is 23.2. The van der Waals surface area contributed by atoms with Gasteiger partial charge in [0, 0.05) is 25.3 Å². The number of amides is 1. The Kier molecular flexibility index (Phi) is 18.9. The minimum absolute atomic E-state index is 0.0289. The number of halogens is 2. The highest BCUT2D eigenvalue weighted by molar-refractivity contribution is 7.93. The van der Waals surface area contributed by atoms with Gasteiger partial charge in [-0.2, -0.15) is 0 Å². The Labute approximate surface area is 414 Å². The van der Waals surface area contributed by atoms with Crippen molar-refractivity contribution in [2.75, 3.05) is 41.2 Å². The molecular formula is C51H59Cl2N7O7S2. The molecule has 1 aromatic heterocycles. The Morgan fingerprint density at radius 1 is 0.768 bits per heavy atom. The van der Waals surface area contributed by atoms with E-state index >= 15 is 0 Å². The molecule has 69 heavy (non-hydrogen) atoms. The quantitative estimate of drug-likeness (QED) is 0.0319. The third-order valence-corrected chi connectivity index (χ3v) is 15.2. The molecule has 6 rings (SSSR count). The van der Waals surface area contributed by atoms with E-state index in [1.807, 2.05) is 30.9 Å². The van der Waals surface area contributed by atoms with E-state index in [-0.39, 0.29) is 51.0 Å². The number of aliphatic hydroxyl groups excluding tert-OH is 1. The van der Waals surface area contributed by atoms with Gasteiger partial charge in [0.25, 0.3) is 21.5 Å². The molecule has 0 unspecified atom stereocenters. The second-order valence-electron chi connectivity index (χ2n) is 16.6. The van der Waals surface area contributed by atoms with Gasteiger partial charge in [-0.3, -0.25) is 18.9 Å². The number of sulfonamides is 2. The molecule has 366 valence electrons. The number of anilines is 3. The number of unbranched alkanes of at least 4 members (excludes halogenated alkanes) is 9. The molecule has 5 aromatic carbocycles. The van der Waals surface area contributed by atoms with Crippen molar-refractivity contribution in [2.45, 2.75) is 94.8 Å². The van der Waals surface area contributed by atoms with Gasteiger partial charge in [-0.15, -0.1) is 0 Å². The Hall–Kier alpha value is -5.62. The summed E-state index contributed by atoms with van der Waals surface area (Å²) in [5, 5.41) is 12.5. The number of carbonyl (C=O) groups is 1. The molecule has 0 fully saturated rings. The van der Waals surface area contributed by atoms with Crippen LogP contribution in [-0.4, -0.2) is 69.4 Å². The highest BCUT2D eigenvalue weighted by Gasteiger charge is 2.27. The van der Waals surface area contributed by atoms with E-state index in [1.165, 1.54) is 67.0 Å². The number of hydrogen-bond donors (Lipinski definition) is 4. The maximum Gasteiger partial charge on any atom is 0.278 e. The highest BCUT2D eigenvalue weighted by atomic mass is 35.5. The fourth-order valence-corrected chi connectivity index (χ4v) is 10.7. The second-order valence-corrected chi connectivity index (χ2v) is 20.8. The number of carbonyl (C=O) groups excluding carboxylic acids is 1. The number of aryl methyl sites for hydroxylation is 1. The number of para-hydroxylation sites is 2. The summed E-state index contributed by atoms with van der Waals surface area (Å²) in [6.07, 6.45) is 11.0. The highest BCUT2D eigenvalue weighted by Crippen LogP contribution is 2.32. The van der Waals surface area contributed by atoms with Crippen molar-refractivity contribution >= 4 is 88.5 Å². The molecule has 0 saturated carbocycles. The van der Waals surface area contributed by atoms with E-state index in [4.69, 9.17) is 33.2 Å². The summed E-state index contributed by atoms with van der Waals surface area (Å²) >= 11 is 13.1. The van der Waals surface area contributed by atoms with Crippen molar-refractivity contribution in [2.24, 2.45) is 4.99 Å². The SMILES string of the molecule is CCCCCCCCCCCCNS(=O)(=O)c1ccc(Cl)c(S(=O)(=O)Nc2ccc(Cl)c(NC(=O)/C(=N\c3ccc(N(CC)CCO)cc3C)c3nc4ccccc4c(=O)n3-c3ccccc3)c2)c1. The number of nitrogens with one attached hydrogen (secondary N) is 3. The summed E-state index contributed by atoms with van der Waals surface area (Å²) in [6, 6.07) is 28.3. The topological polar surface area (TPSA) is 192 Å². The molecule has 0 spiro atoms. The molecule has 4 N–H and O–H groups in total. The summed E-state index contributed by atoms with van der Waals surface area (Å²) in [4.78, 5) is 40.0. The molecule has 0 bridgehead atoms. The van der Waals surface area contributed by atoms with Crippen molar-refractivity contribution in [3.63, 3.8) is 0 Å². The molecule has 1 heterocycles. The maximum absolute atomic E-state index is 14.8. The van der Waals surface area contributed by atoms with Gasteiger partial charge in [0.1, 0.15) is 4.90 Å². The van der Waals surface area contributed by atoms with Gasteiger partial charge in [-0.1, -0.05) is 118 Å². The lowest BCUT2D eigenvalue weighted by atomic mass is 10.1. The van der Waals surface area contributed by atoms with Gasteiger partial charge in [0.15, 0.2) is 11.5 Å². The van der Waals surface area contributed by atoms with Crippen LogP contribution in [0.2, 0.25) is 10.0 Å². The number of aliphatic imine (C=N–C) groups is 1. The Balaban J connectivity index is 1.28. The minimum atomic E-state index is -4.53. The van der Waals surface area contributed by atoms with Crippen LogP contribution in [0.25, 0.3) is 16.6 Å². The van der Waals surface area contributed by atoms with Gasteiger partial charge >= 0.3 is 0 Å². The molecule has 18 heteroatoms. The lowest BCUT2D eigenvalue weighted by molar-refractivity contribution is -0.110. The van der Waals surface area contributed by atoms with Crippen LogP contribution in [0.5, 0.6) is 0 Å². The number of hydrogen-bond acceptors (Lipinski definition) is 10. The van der Waals surface area contributed by atoms with E-state index in [0.717, 1.165) is 37.4 Å². The number of aromatic nitrogens is 2. The fourth-order valence-electron chi connectivity index (χ4n) is 7.82. The number of benzene rings is 5. The molecule has 0 radical (unpaired) electrons. The molecule has 0 atom stereocenters. The smallest absolute Gasteiger partial charge is 0.278 e. The maximum atomic E-state index is 14.8. The molecular weight excluding hydrogens is 958 g/mol. The van der Waals surface area contributed by atoms with Crippen molar-refractivity contribution in [3.05, 3.63) is 141 Å². The summed E-state index contributed by atoms with van der Waals surface area (Å²) in [7, 11) is -8.62. The van der Waals surface area contributed by atoms with E-state index in [0.29, 0.717) is 47.4 Å².